The summed E-state index contributed by atoms with van der Waals surface area (Å²) in [5.74, 6) is 1.62. The van der Waals surface area contributed by atoms with E-state index in [1.165, 1.54) is 24.9 Å². The maximum Gasteiger partial charge on any atom is 0.215 e. The van der Waals surface area contributed by atoms with Crippen molar-refractivity contribution < 1.29 is 4.74 Å². The third-order valence-electron chi connectivity index (χ3n) is 4.97. The van der Waals surface area contributed by atoms with E-state index >= 15 is 0 Å². The second-order valence-electron chi connectivity index (χ2n) is 6.84. The molecule has 0 saturated heterocycles. The zero-order valence-corrected chi connectivity index (χ0v) is 15.4. The second-order valence-corrected chi connectivity index (χ2v) is 7.84. The summed E-state index contributed by atoms with van der Waals surface area (Å²) in [4.78, 5) is 8.68. The predicted octanol–water partition coefficient (Wildman–Crippen LogP) is 4.23. The van der Waals surface area contributed by atoms with Crippen LogP contribution >= 0.6 is 11.3 Å². The summed E-state index contributed by atoms with van der Waals surface area (Å²) >= 11 is 1.89. The first-order valence-electron chi connectivity index (χ1n) is 9.13. The Hall–Kier alpha value is -1.85. The van der Waals surface area contributed by atoms with Gasteiger partial charge in [-0.2, -0.15) is 4.98 Å². The highest BCUT2D eigenvalue weighted by molar-refractivity contribution is 7.10. The number of aromatic nitrogens is 1. The lowest BCUT2D eigenvalue weighted by molar-refractivity contribution is 0.235. The summed E-state index contributed by atoms with van der Waals surface area (Å²) in [6.07, 6.45) is 5.43. The van der Waals surface area contributed by atoms with Crippen LogP contribution in [0, 0.1) is 0 Å². The molecule has 0 bridgehead atoms. The van der Waals surface area contributed by atoms with Crippen molar-refractivity contribution in [1.82, 2.24) is 9.88 Å². The molecule has 25 heavy (non-hydrogen) atoms. The number of thiophene rings is 1. The number of nitrogens with one attached hydrogen (secondary N) is 1. The van der Waals surface area contributed by atoms with E-state index in [0.29, 0.717) is 5.88 Å². The molecule has 1 N–H and O–H groups in total. The van der Waals surface area contributed by atoms with E-state index in [2.05, 4.69) is 39.3 Å². The quantitative estimate of drug-likeness (QED) is 0.787. The average Bonchev–Trinajstić information content (AvgIpc) is 3.09. The molecule has 0 spiro atoms. The summed E-state index contributed by atoms with van der Waals surface area (Å²) in [6, 6.07) is 6.38. The highest BCUT2D eigenvalue weighted by Gasteiger charge is 2.16. The van der Waals surface area contributed by atoms with Crippen LogP contribution in [-0.4, -0.2) is 29.6 Å². The Morgan fingerprint density at radius 1 is 1.16 bits per heavy atom. The van der Waals surface area contributed by atoms with Crippen molar-refractivity contribution in [2.24, 2.45) is 0 Å². The van der Waals surface area contributed by atoms with Gasteiger partial charge in [0, 0.05) is 29.7 Å². The first-order valence-corrected chi connectivity index (χ1v) is 10.0. The number of aryl methyl sites for hydroxylation is 1. The molecule has 2 aromatic heterocycles. The van der Waals surface area contributed by atoms with Crippen LogP contribution in [0.2, 0.25) is 0 Å². The molecule has 0 unspecified atom stereocenters. The van der Waals surface area contributed by atoms with E-state index in [9.17, 15) is 0 Å². The van der Waals surface area contributed by atoms with Crippen molar-refractivity contribution in [3.05, 3.63) is 51.9 Å². The number of unbranched alkanes of at least 4 members (excludes halogenated alkanes) is 1. The molecule has 4 rings (SSSR count). The zero-order valence-electron chi connectivity index (χ0n) is 14.6. The third kappa shape index (κ3) is 4.05. The number of nitrogens with zero attached hydrogens (tertiary/aromatic N) is 2. The molecule has 0 aromatic carbocycles. The Kier molecular flexibility index (Phi) is 5.04. The summed E-state index contributed by atoms with van der Waals surface area (Å²) in [5.41, 5.74) is 3.84. The number of pyridine rings is 1. The summed E-state index contributed by atoms with van der Waals surface area (Å²) < 4.78 is 5.84. The molecule has 5 heteroatoms. The number of anilines is 1. The normalized spacial score (nSPS) is 16.9. The van der Waals surface area contributed by atoms with E-state index in [4.69, 9.17) is 4.74 Å². The van der Waals surface area contributed by atoms with E-state index in [1.54, 1.807) is 10.4 Å². The van der Waals surface area contributed by atoms with Gasteiger partial charge in [0.15, 0.2) is 0 Å². The van der Waals surface area contributed by atoms with Gasteiger partial charge in [-0.05, 0) is 67.3 Å². The fraction of sp³-hybridized carbons (Fsp3) is 0.450. The maximum atomic E-state index is 5.84. The van der Waals surface area contributed by atoms with Gasteiger partial charge in [0.1, 0.15) is 5.82 Å². The predicted molar refractivity (Wildman–Crippen MR) is 103 cm³/mol. The van der Waals surface area contributed by atoms with Crippen LogP contribution in [-0.2, 0) is 19.4 Å². The first kappa shape index (κ1) is 16.6. The SMILES string of the molecule is C=C1CCc2ccc(OCCCCN3CCc4ccsc4C3)nc2N1. The van der Waals surface area contributed by atoms with Gasteiger partial charge in [-0.3, -0.25) is 4.90 Å². The summed E-state index contributed by atoms with van der Waals surface area (Å²) in [5, 5.41) is 5.48. The molecular weight excluding hydrogens is 330 g/mol. The van der Waals surface area contributed by atoms with Gasteiger partial charge in [-0.15, -0.1) is 11.3 Å². The number of hydrogen-bond donors (Lipinski definition) is 1. The number of rotatable bonds is 6. The van der Waals surface area contributed by atoms with Gasteiger partial charge < -0.3 is 10.1 Å². The van der Waals surface area contributed by atoms with Crippen molar-refractivity contribution >= 4 is 17.2 Å². The first-order chi connectivity index (χ1) is 12.3. The van der Waals surface area contributed by atoms with Crippen molar-refractivity contribution in [3.63, 3.8) is 0 Å². The van der Waals surface area contributed by atoms with Crippen LogP contribution in [0.5, 0.6) is 5.88 Å². The van der Waals surface area contributed by atoms with Gasteiger partial charge in [0.2, 0.25) is 5.88 Å². The summed E-state index contributed by atoms with van der Waals surface area (Å²) in [6.45, 7) is 8.18. The smallest absolute Gasteiger partial charge is 0.215 e. The molecule has 4 nitrogen and oxygen atoms in total. The molecule has 2 aliphatic rings. The third-order valence-corrected chi connectivity index (χ3v) is 5.91. The van der Waals surface area contributed by atoms with Gasteiger partial charge in [-0.25, -0.2) is 0 Å². The Morgan fingerprint density at radius 2 is 2.12 bits per heavy atom. The highest BCUT2D eigenvalue weighted by Crippen LogP contribution is 2.26. The molecule has 2 aromatic rings. The van der Waals surface area contributed by atoms with Gasteiger partial charge in [0.05, 0.1) is 6.61 Å². The number of hydrogen-bond acceptors (Lipinski definition) is 5. The minimum Gasteiger partial charge on any atom is -0.478 e. The van der Waals surface area contributed by atoms with Crippen LogP contribution in [0.15, 0.2) is 35.9 Å². The number of fused-ring (bicyclic) bond motifs is 2. The number of allylic oxidation sites excluding steroid dienone is 1. The molecule has 4 heterocycles. The van der Waals surface area contributed by atoms with Crippen LogP contribution in [0.4, 0.5) is 5.82 Å². The molecule has 0 radical (unpaired) electrons. The molecule has 0 amide bonds. The second kappa shape index (κ2) is 7.58. The van der Waals surface area contributed by atoms with E-state index in [0.717, 1.165) is 50.5 Å². The molecule has 0 fully saturated rings. The Bertz CT molecular complexity index is 755. The highest BCUT2D eigenvalue weighted by atomic mass is 32.1. The van der Waals surface area contributed by atoms with Crippen LogP contribution in [0.3, 0.4) is 0 Å². The van der Waals surface area contributed by atoms with E-state index in [-0.39, 0.29) is 0 Å². The van der Waals surface area contributed by atoms with Crippen molar-refractivity contribution in [2.45, 2.75) is 38.6 Å². The topological polar surface area (TPSA) is 37.4 Å². The van der Waals surface area contributed by atoms with Crippen LogP contribution in [0.1, 0.15) is 35.3 Å². The largest absolute Gasteiger partial charge is 0.478 e. The fourth-order valence-electron chi connectivity index (χ4n) is 3.47. The Balaban J connectivity index is 1.19. The lowest BCUT2D eigenvalue weighted by atomic mass is 10.1. The lowest BCUT2D eigenvalue weighted by Crippen LogP contribution is -2.30. The van der Waals surface area contributed by atoms with Crippen molar-refractivity contribution in [1.29, 1.82) is 0 Å². The fourth-order valence-corrected chi connectivity index (χ4v) is 4.45. The van der Waals surface area contributed by atoms with Crippen LogP contribution in [0.25, 0.3) is 0 Å². The van der Waals surface area contributed by atoms with Crippen LogP contribution < -0.4 is 10.1 Å². The molecule has 132 valence electrons. The molecule has 0 aliphatic carbocycles. The summed E-state index contributed by atoms with van der Waals surface area (Å²) in [7, 11) is 0. The molecule has 0 atom stereocenters. The minimum atomic E-state index is 0.710. The average molecular weight is 356 g/mol. The van der Waals surface area contributed by atoms with Crippen molar-refractivity contribution in [3.8, 4) is 5.88 Å². The Morgan fingerprint density at radius 3 is 3.08 bits per heavy atom. The minimum absolute atomic E-state index is 0.710. The number of ether oxygens (including phenoxy) is 1. The van der Waals surface area contributed by atoms with Crippen molar-refractivity contribution in [2.75, 3.05) is 25.0 Å². The Labute approximate surface area is 153 Å². The molecular formula is C20H25N3OS. The van der Waals surface area contributed by atoms with E-state index < -0.39 is 0 Å². The zero-order chi connectivity index (χ0) is 17.1. The molecule has 2 aliphatic heterocycles. The van der Waals surface area contributed by atoms with E-state index in [1.807, 2.05) is 17.4 Å². The van der Waals surface area contributed by atoms with Gasteiger partial charge in [0.25, 0.3) is 0 Å². The maximum absolute atomic E-state index is 5.84. The standard InChI is InChI=1S/C20H25N3OS/c1-15-4-5-17-6-7-19(22-20(17)21-15)24-12-3-2-10-23-11-8-16-9-13-25-18(16)14-23/h6-7,9,13H,1-5,8,10-12,14H2,(H,21,22). The van der Waals surface area contributed by atoms with Gasteiger partial charge in [-0.1, -0.05) is 6.58 Å². The lowest BCUT2D eigenvalue weighted by Gasteiger charge is -2.26. The molecule has 0 saturated carbocycles. The van der Waals surface area contributed by atoms with Gasteiger partial charge >= 0.3 is 0 Å². The monoisotopic (exact) mass is 355 g/mol.